The number of aromatic nitrogens is 3. The summed E-state index contributed by atoms with van der Waals surface area (Å²) in [5, 5.41) is 10.8. The van der Waals surface area contributed by atoms with Crippen LogP contribution in [0, 0.1) is 0 Å². The van der Waals surface area contributed by atoms with Crippen LogP contribution >= 0.6 is 0 Å². The van der Waals surface area contributed by atoms with E-state index in [1.807, 2.05) is 38.2 Å². The van der Waals surface area contributed by atoms with Crippen molar-refractivity contribution in [1.82, 2.24) is 25.0 Å². The number of ether oxygens (including phenoxy) is 1. The zero-order valence-corrected chi connectivity index (χ0v) is 14.0. The van der Waals surface area contributed by atoms with Gasteiger partial charge in [0.05, 0.1) is 13.2 Å². The molecule has 1 aromatic carbocycles. The van der Waals surface area contributed by atoms with Crippen molar-refractivity contribution in [1.29, 1.82) is 0 Å². The highest BCUT2D eigenvalue weighted by atomic mass is 16.5. The van der Waals surface area contributed by atoms with Gasteiger partial charge in [0.1, 0.15) is 12.1 Å². The topological polar surface area (TPSA) is 72.3 Å². The summed E-state index contributed by atoms with van der Waals surface area (Å²) in [6, 6.07) is 7.48. The number of likely N-dealkylation sites (N-methyl/N-ethyl adjacent to an activating group) is 1. The van der Waals surface area contributed by atoms with Crippen molar-refractivity contribution in [2.45, 2.75) is 19.4 Å². The predicted molar refractivity (Wildman–Crippen MR) is 87.3 cm³/mol. The number of amides is 2. The summed E-state index contributed by atoms with van der Waals surface area (Å²) < 4.78 is 7.12. The van der Waals surface area contributed by atoms with Gasteiger partial charge in [-0.15, -0.1) is 10.2 Å². The highest BCUT2D eigenvalue weighted by Crippen LogP contribution is 2.18. The molecule has 0 bridgehead atoms. The maximum Gasteiger partial charge on any atom is 0.317 e. The van der Waals surface area contributed by atoms with Gasteiger partial charge in [-0.2, -0.15) is 0 Å². The van der Waals surface area contributed by atoms with Gasteiger partial charge in [0, 0.05) is 20.6 Å². The fourth-order valence-corrected chi connectivity index (χ4v) is 2.34. The van der Waals surface area contributed by atoms with Crippen LogP contribution in [0.5, 0.6) is 5.75 Å². The van der Waals surface area contributed by atoms with Gasteiger partial charge in [-0.1, -0.05) is 18.2 Å². The van der Waals surface area contributed by atoms with Crippen LogP contribution in [0.2, 0.25) is 0 Å². The number of carbonyl (C=O) groups is 1. The summed E-state index contributed by atoms with van der Waals surface area (Å²) in [6.45, 7) is 2.48. The van der Waals surface area contributed by atoms with Crippen LogP contribution in [0.1, 0.15) is 24.4 Å². The number of carbonyl (C=O) groups excluding carboxylic acids is 1. The second-order valence-electron chi connectivity index (χ2n) is 5.45. The highest BCUT2D eigenvalue weighted by molar-refractivity contribution is 5.74. The number of methoxy groups -OCH3 is 1. The molecule has 124 valence electrons. The van der Waals surface area contributed by atoms with Crippen molar-refractivity contribution in [3.8, 4) is 5.75 Å². The molecular weight excluding hydrogens is 294 g/mol. The summed E-state index contributed by atoms with van der Waals surface area (Å²) in [5.41, 5.74) is 1.08. The van der Waals surface area contributed by atoms with Crippen molar-refractivity contribution >= 4 is 6.03 Å². The summed E-state index contributed by atoms with van der Waals surface area (Å²) >= 11 is 0. The lowest BCUT2D eigenvalue weighted by atomic mass is 10.1. The smallest absolute Gasteiger partial charge is 0.317 e. The van der Waals surface area contributed by atoms with Gasteiger partial charge < -0.3 is 19.5 Å². The van der Waals surface area contributed by atoms with E-state index in [9.17, 15) is 4.79 Å². The van der Waals surface area contributed by atoms with E-state index in [-0.39, 0.29) is 12.1 Å². The van der Waals surface area contributed by atoms with Crippen molar-refractivity contribution in [3.63, 3.8) is 0 Å². The van der Waals surface area contributed by atoms with Crippen LogP contribution < -0.4 is 10.1 Å². The minimum Gasteiger partial charge on any atom is -0.496 e. The molecule has 0 saturated carbocycles. The van der Waals surface area contributed by atoms with Gasteiger partial charge in [-0.3, -0.25) is 0 Å². The average Bonchev–Trinajstić information content (AvgIpc) is 2.98. The summed E-state index contributed by atoms with van der Waals surface area (Å²) in [4.78, 5) is 13.9. The number of hydrogen-bond donors (Lipinski definition) is 1. The Bertz CT molecular complexity index is 655. The molecule has 1 heterocycles. The summed E-state index contributed by atoms with van der Waals surface area (Å²) in [7, 11) is 5.27. The average molecular weight is 317 g/mol. The van der Waals surface area contributed by atoms with Crippen molar-refractivity contribution in [2.24, 2.45) is 7.05 Å². The van der Waals surface area contributed by atoms with E-state index in [2.05, 4.69) is 15.5 Å². The number of para-hydroxylation sites is 1. The molecule has 1 atom stereocenters. The van der Waals surface area contributed by atoms with Gasteiger partial charge in [0.15, 0.2) is 5.82 Å². The predicted octanol–water partition coefficient (Wildman–Crippen LogP) is 1.77. The number of nitrogens with zero attached hydrogens (tertiary/aromatic N) is 4. The molecule has 23 heavy (non-hydrogen) atoms. The van der Waals surface area contributed by atoms with Crippen LogP contribution in [-0.2, 0) is 13.5 Å². The molecule has 0 aliphatic heterocycles. The van der Waals surface area contributed by atoms with Crippen LogP contribution in [0.25, 0.3) is 0 Å². The zero-order chi connectivity index (χ0) is 16.8. The first-order valence-corrected chi connectivity index (χ1v) is 7.50. The Morgan fingerprint density at radius 2 is 2.17 bits per heavy atom. The lowest BCUT2D eigenvalue weighted by molar-refractivity contribution is 0.205. The molecule has 2 rings (SSSR count). The molecule has 0 fully saturated rings. The Morgan fingerprint density at radius 3 is 2.83 bits per heavy atom. The first kappa shape index (κ1) is 16.8. The molecule has 0 aliphatic carbocycles. The Labute approximate surface area is 136 Å². The molecule has 2 amide bonds. The van der Waals surface area contributed by atoms with Gasteiger partial charge in [0.25, 0.3) is 0 Å². The van der Waals surface area contributed by atoms with Crippen LogP contribution in [0.15, 0.2) is 30.6 Å². The Kier molecular flexibility index (Phi) is 5.56. The molecule has 0 aliphatic rings. The molecular formula is C16H23N5O2. The molecule has 1 aromatic heterocycles. The number of benzene rings is 1. The third kappa shape index (κ3) is 4.21. The molecule has 2 aromatic rings. The Balaban J connectivity index is 1.89. The SMILES string of the molecule is COc1ccccc1CCN(C)C(=O)N[C@H](C)c1nncn1C. The largest absolute Gasteiger partial charge is 0.496 e. The zero-order valence-electron chi connectivity index (χ0n) is 14.0. The van der Waals surface area contributed by atoms with Gasteiger partial charge in [0.2, 0.25) is 0 Å². The highest BCUT2D eigenvalue weighted by Gasteiger charge is 2.17. The van der Waals surface area contributed by atoms with Crippen LogP contribution in [-0.4, -0.2) is 46.4 Å². The Hall–Kier alpha value is -2.57. The fourth-order valence-electron chi connectivity index (χ4n) is 2.34. The molecule has 0 spiro atoms. The molecule has 1 N–H and O–H groups in total. The number of rotatable bonds is 6. The minimum absolute atomic E-state index is 0.143. The molecule has 0 radical (unpaired) electrons. The minimum atomic E-state index is -0.205. The first-order valence-electron chi connectivity index (χ1n) is 7.50. The molecule has 7 nitrogen and oxygen atoms in total. The van der Waals surface area contributed by atoms with E-state index >= 15 is 0 Å². The monoisotopic (exact) mass is 317 g/mol. The van der Waals surface area contributed by atoms with E-state index < -0.39 is 0 Å². The van der Waals surface area contributed by atoms with Crippen LogP contribution in [0.4, 0.5) is 4.79 Å². The number of aryl methyl sites for hydroxylation is 1. The van der Waals surface area contributed by atoms with E-state index in [1.165, 1.54) is 0 Å². The first-order chi connectivity index (χ1) is 11.0. The number of nitrogens with one attached hydrogen (secondary N) is 1. The normalized spacial score (nSPS) is 11.8. The standard InChI is InChI=1S/C16H23N5O2/c1-12(15-19-17-11-21(15)3)18-16(22)20(2)10-9-13-7-5-6-8-14(13)23-4/h5-8,11-12H,9-10H2,1-4H3,(H,18,22)/t12-/m1/s1. The van der Waals surface area contributed by atoms with Crippen LogP contribution in [0.3, 0.4) is 0 Å². The van der Waals surface area contributed by atoms with Crippen molar-refractivity contribution in [3.05, 3.63) is 42.0 Å². The van der Waals surface area contributed by atoms with Gasteiger partial charge >= 0.3 is 6.03 Å². The number of urea groups is 1. The van der Waals surface area contributed by atoms with Gasteiger partial charge in [-0.05, 0) is 25.0 Å². The molecule has 7 heteroatoms. The molecule has 0 saturated heterocycles. The summed E-state index contributed by atoms with van der Waals surface area (Å²) in [5.74, 6) is 1.56. The van der Waals surface area contributed by atoms with Crippen molar-refractivity contribution < 1.29 is 9.53 Å². The van der Waals surface area contributed by atoms with Gasteiger partial charge in [-0.25, -0.2) is 4.79 Å². The lowest BCUT2D eigenvalue weighted by Gasteiger charge is -2.21. The third-order valence-electron chi connectivity index (χ3n) is 3.73. The summed E-state index contributed by atoms with van der Waals surface area (Å²) in [6.07, 6.45) is 2.34. The quantitative estimate of drug-likeness (QED) is 0.881. The second kappa shape index (κ2) is 7.62. The second-order valence-corrected chi connectivity index (χ2v) is 5.45. The van der Waals surface area contributed by atoms with E-state index in [4.69, 9.17) is 4.74 Å². The third-order valence-corrected chi connectivity index (χ3v) is 3.73. The maximum absolute atomic E-state index is 12.3. The lowest BCUT2D eigenvalue weighted by Crippen LogP contribution is -2.40. The van der Waals surface area contributed by atoms with E-state index in [0.29, 0.717) is 6.54 Å². The van der Waals surface area contributed by atoms with E-state index in [0.717, 1.165) is 23.6 Å². The Morgan fingerprint density at radius 1 is 1.43 bits per heavy atom. The fraction of sp³-hybridized carbons (Fsp3) is 0.438. The van der Waals surface area contributed by atoms with Crippen molar-refractivity contribution in [2.75, 3.05) is 20.7 Å². The maximum atomic E-state index is 12.3. The number of hydrogen-bond acceptors (Lipinski definition) is 4. The molecule has 0 unspecified atom stereocenters. The van der Waals surface area contributed by atoms with E-state index in [1.54, 1.807) is 30.0 Å².